The highest BCUT2D eigenvalue weighted by molar-refractivity contribution is 5.99. The van der Waals surface area contributed by atoms with Crippen molar-refractivity contribution in [1.29, 1.82) is 0 Å². The van der Waals surface area contributed by atoms with Gasteiger partial charge in [-0.05, 0) is 30.7 Å². The van der Waals surface area contributed by atoms with Crippen LogP contribution in [0.2, 0.25) is 0 Å². The van der Waals surface area contributed by atoms with Gasteiger partial charge in [0.2, 0.25) is 5.91 Å². The molecule has 1 atom stereocenters. The molecule has 2 aliphatic rings. The molecule has 0 spiro atoms. The summed E-state index contributed by atoms with van der Waals surface area (Å²) in [5.41, 5.74) is 1.66. The molecule has 1 aliphatic heterocycles. The minimum Gasteiger partial charge on any atom is -0.469 e. The SMILES string of the molecule is C=C/C=C(\N=C/CC(=O)OC)NC(=O)CC.C[C@@H]1C2=C(CC#CC=C2F)C(=O)N1Cc1ccc(F)cc1. The Bertz CT molecular complexity index is 1220. The van der Waals surface area contributed by atoms with Crippen molar-refractivity contribution in [1.82, 2.24) is 10.2 Å². The molecule has 0 radical (unpaired) electrons. The Hall–Kier alpha value is -4.32. The number of rotatable bonds is 8. The lowest BCUT2D eigenvalue weighted by Gasteiger charge is -2.23. The first-order valence-corrected chi connectivity index (χ1v) is 11.6. The van der Waals surface area contributed by atoms with E-state index in [1.807, 2.05) is 0 Å². The molecule has 37 heavy (non-hydrogen) atoms. The lowest BCUT2D eigenvalue weighted by atomic mass is 10.0. The largest absolute Gasteiger partial charge is 0.469 e. The van der Waals surface area contributed by atoms with Gasteiger partial charge >= 0.3 is 5.97 Å². The second kappa shape index (κ2) is 14.3. The van der Waals surface area contributed by atoms with Gasteiger partial charge in [-0.15, -0.1) is 0 Å². The van der Waals surface area contributed by atoms with Crippen LogP contribution in [0, 0.1) is 17.7 Å². The van der Waals surface area contributed by atoms with Gasteiger partial charge in [-0.1, -0.05) is 43.6 Å². The van der Waals surface area contributed by atoms with E-state index in [1.165, 1.54) is 37.6 Å². The molecule has 0 saturated carbocycles. The summed E-state index contributed by atoms with van der Waals surface area (Å²) in [6, 6.07) is 5.61. The van der Waals surface area contributed by atoms with Crippen molar-refractivity contribution >= 4 is 24.0 Å². The zero-order valence-electron chi connectivity index (χ0n) is 21.0. The van der Waals surface area contributed by atoms with Gasteiger partial charge in [0.05, 0.1) is 19.6 Å². The zero-order valence-corrected chi connectivity index (χ0v) is 21.0. The number of hydrogen-bond donors (Lipinski definition) is 1. The topological polar surface area (TPSA) is 88.1 Å². The van der Waals surface area contributed by atoms with Gasteiger partial charge < -0.3 is 15.0 Å². The quantitative estimate of drug-likeness (QED) is 0.245. The fourth-order valence-corrected chi connectivity index (χ4v) is 3.48. The molecule has 9 heteroatoms. The normalized spacial score (nSPS) is 16.6. The summed E-state index contributed by atoms with van der Waals surface area (Å²) in [4.78, 5) is 39.9. The van der Waals surface area contributed by atoms with Crippen molar-refractivity contribution in [2.24, 2.45) is 4.99 Å². The highest BCUT2D eigenvalue weighted by Crippen LogP contribution is 2.35. The lowest BCUT2D eigenvalue weighted by molar-refractivity contribution is -0.139. The number of esters is 1. The summed E-state index contributed by atoms with van der Waals surface area (Å²) in [6.07, 6.45) is 6.32. The van der Waals surface area contributed by atoms with E-state index in [4.69, 9.17) is 0 Å². The van der Waals surface area contributed by atoms with Gasteiger partial charge in [0.15, 0.2) is 0 Å². The molecule has 3 rings (SSSR count). The smallest absolute Gasteiger partial charge is 0.310 e. The van der Waals surface area contributed by atoms with E-state index in [0.717, 1.165) is 5.56 Å². The average molecular weight is 510 g/mol. The number of benzene rings is 1. The van der Waals surface area contributed by atoms with Crippen molar-refractivity contribution in [2.45, 2.75) is 45.7 Å². The van der Waals surface area contributed by atoms with Crippen LogP contribution in [0.4, 0.5) is 8.78 Å². The Labute approximate surface area is 215 Å². The van der Waals surface area contributed by atoms with Gasteiger partial charge in [-0.25, -0.2) is 13.8 Å². The first-order chi connectivity index (χ1) is 17.7. The van der Waals surface area contributed by atoms with Crippen molar-refractivity contribution < 1.29 is 27.9 Å². The second-order valence-corrected chi connectivity index (χ2v) is 7.90. The molecule has 0 bridgehead atoms. The number of nitrogens with zero attached hydrogens (tertiary/aromatic N) is 2. The number of aliphatic imine (C=N–C) groups is 1. The highest BCUT2D eigenvalue weighted by Gasteiger charge is 2.38. The van der Waals surface area contributed by atoms with E-state index in [9.17, 15) is 23.2 Å². The molecule has 7 nitrogen and oxygen atoms in total. The number of carbonyl (C=O) groups is 3. The molecular formula is C28H29F2N3O4. The standard InChI is InChI=1S/C17H13F2NO.C11H16N2O3/c1-11-16-14(4-2-3-5-15(16)19)17(21)20(11)10-12-6-8-13(18)9-7-12;1-4-6-9(13-10(14)5-2)12-8-7-11(15)16-3/h5-9,11H,4,10H2,1H3;4,6,8H,1,5,7H2,2-3H3,(H,13,14)/b;9-6+,12-8-/t11-;/m1./s1. The number of amides is 2. The zero-order chi connectivity index (χ0) is 27.4. The Morgan fingerprint density at radius 3 is 2.62 bits per heavy atom. The Morgan fingerprint density at radius 2 is 2.00 bits per heavy atom. The number of methoxy groups -OCH3 is 1. The Morgan fingerprint density at radius 1 is 1.30 bits per heavy atom. The first kappa shape index (κ1) is 28.9. The Balaban J connectivity index is 0.000000273. The van der Waals surface area contributed by atoms with Crippen molar-refractivity contribution in [3.05, 3.63) is 83.2 Å². The van der Waals surface area contributed by atoms with Crippen LogP contribution in [0.3, 0.4) is 0 Å². The molecule has 1 heterocycles. The molecule has 1 aliphatic carbocycles. The minimum atomic E-state index is -0.433. The van der Waals surface area contributed by atoms with E-state index in [-0.39, 0.29) is 42.5 Å². The van der Waals surface area contributed by atoms with E-state index >= 15 is 0 Å². The number of carbonyl (C=O) groups excluding carboxylic acids is 3. The van der Waals surface area contributed by atoms with Crippen LogP contribution >= 0.6 is 0 Å². The lowest BCUT2D eigenvalue weighted by Crippen LogP contribution is -2.33. The molecule has 1 N–H and O–H groups in total. The maximum absolute atomic E-state index is 14.1. The van der Waals surface area contributed by atoms with Crippen LogP contribution in [0.1, 0.15) is 38.7 Å². The highest BCUT2D eigenvalue weighted by atomic mass is 19.1. The van der Waals surface area contributed by atoms with Crippen LogP contribution in [0.25, 0.3) is 0 Å². The predicted octanol–water partition coefficient (Wildman–Crippen LogP) is 4.29. The number of hydrogen-bond acceptors (Lipinski definition) is 5. The third kappa shape index (κ3) is 8.39. The van der Waals surface area contributed by atoms with Crippen LogP contribution in [0.5, 0.6) is 0 Å². The van der Waals surface area contributed by atoms with Gasteiger partial charge in [0.25, 0.3) is 5.91 Å². The molecule has 0 fully saturated rings. The molecule has 194 valence electrons. The van der Waals surface area contributed by atoms with Crippen LogP contribution in [-0.4, -0.2) is 42.0 Å². The van der Waals surface area contributed by atoms with Crippen molar-refractivity contribution in [3.8, 4) is 11.8 Å². The summed E-state index contributed by atoms with van der Waals surface area (Å²) in [5.74, 6) is 4.24. The summed E-state index contributed by atoms with van der Waals surface area (Å²) >= 11 is 0. The number of nitrogens with one attached hydrogen (secondary N) is 1. The van der Waals surface area contributed by atoms with E-state index in [0.29, 0.717) is 29.9 Å². The van der Waals surface area contributed by atoms with Crippen LogP contribution < -0.4 is 5.32 Å². The summed E-state index contributed by atoms with van der Waals surface area (Å²) in [5, 5.41) is 2.56. The van der Waals surface area contributed by atoms with Gasteiger partial charge in [0.1, 0.15) is 17.5 Å². The fraction of sp³-hybridized carbons (Fsp3) is 0.286. The molecule has 0 saturated heterocycles. The molecule has 1 aromatic rings. The first-order valence-electron chi connectivity index (χ1n) is 11.6. The average Bonchev–Trinajstić information content (AvgIpc) is 3.00. The fourth-order valence-electron chi connectivity index (χ4n) is 3.48. The number of halogens is 2. The Kier molecular flexibility index (Phi) is 11.2. The third-order valence-electron chi connectivity index (χ3n) is 5.40. The van der Waals surface area contributed by atoms with Crippen LogP contribution in [-0.2, 0) is 25.7 Å². The van der Waals surface area contributed by atoms with Gasteiger partial charge in [0, 0.05) is 42.8 Å². The van der Waals surface area contributed by atoms with Gasteiger partial charge in [-0.3, -0.25) is 14.4 Å². The van der Waals surface area contributed by atoms with Gasteiger partial charge in [-0.2, -0.15) is 0 Å². The van der Waals surface area contributed by atoms with E-state index < -0.39 is 5.83 Å². The molecule has 0 unspecified atom stereocenters. The monoisotopic (exact) mass is 509 g/mol. The number of ether oxygens (including phenoxy) is 1. The van der Waals surface area contributed by atoms with Crippen molar-refractivity contribution in [2.75, 3.05) is 7.11 Å². The second-order valence-electron chi connectivity index (χ2n) is 7.90. The molecule has 0 aromatic heterocycles. The van der Waals surface area contributed by atoms with E-state index in [1.54, 1.807) is 37.0 Å². The minimum absolute atomic E-state index is 0.0625. The predicted molar refractivity (Wildman–Crippen MR) is 137 cm³/mol. The van der Waals surface area contributed by atoms with Crippen LogP contribution in [0.15, 0.2) is 76.9 Å². The van der Waals surface area contributed by atoms with E-state index in [2.05, 4.69) is 33.5 Å². The summed E-state index contributed by atoms with van der Waals surface area (Å²) in [7, 11) is 1.30. The maximum Gasteiger partial charge on any atom is 0.310 e. The molecule has 1 aromatic carbocycles. The summed E-state index contributed by atoms with van der Waals surface area (Å²) in [6.45, 7) is 7.36. The molecule has 2 amide bonds. The maximum atomic E-state index is 14.1. The third-order valence-corrected chi connectivity index (χ3v) is 5.40. The number of allylic oxidation sites excluding steroid dienone is 3. The molecular weight excluding hydrogens is 480 g/mol. The van der Waals surface area contributed by atoms with Crippen molar-refractivity contribution in [3.63, 3.8) is 0 Å². The summed E-state index contributed by atoms with van der Waals surface area (Å²) < 4.78 is 31.4.